The quantitative estimate of drug-likeness (QED) is 0.552. The summed E-state index contributed by atoms with van der Waals surface area (Å²) in [7, 11) is 1.66. The molecule has 5 nitrogen and oxygen atoms in total. The maximum atomic E-state index is 13.0. The van der Waals surface area contributed by atoms with Gasteiger partial charge in [-0.15, -0.1) is 0 Å². The van der Waals surface area contributed by atoms with Crippen LogP contribution in [0.15, 0.2) is 60.8 Å². The summed E-state index contributed by atoms with van der Waals surface area (Å²) in [6.07, 6.45) is 8.00. The molecule has 4 rings (SSSR count). The molecular weight excluding hydrogens is 374 g/mol. The van der Waals surface area contributed by atoms with Gasteiger partial charge in [-0.25, -0.2) is 0 Å². The first-order chi connectivity index (χ1) is 14.7. The van der Waals surface area contributed by atoms with Crippen LogP contribution in [0, 0.1) is 11.3 Å². The van der Waals surface area contributed by atoms with Crippen LogP contribution in [0.1, 0.15) is 36.4 Å². The number of carbonyl (C=O) groups excluding carboxylic acids is 1. The molecule has 1 aliphatic heterocycles. The molecule has 3 aromatic rings. The van der Waals surface area contributed by atoms with Gasteiger partial charge in [0.05, 0.1) is 25.6 Å². The number of amides is 1. The summed E-state index contributed by atoms with van der Waals surface area (Å²) < 4.78 is 7.43. The Kier molecular flexibility index (Phi) is 5.85. The van der Waals surface area contributed by atoms with Gasteiger partial charge in [0, 0.05) is 41.8 Å². The number of aromatic nitrogens is 1. The van der Waals surface area contributed by atoms with Gasteiger partial charge in [0.2, 0.25) is 5.91 Å². The van der Waals surface area contributed by atoms with Crippen molar-refractivity contribution in [2.75, 3.05) is 13.7 Å². The average Bonchev–Trinajstić information content (AvgIpc) is 3.41. The highest BCUT2D eigenvalue weighted by molar-refractivity contribution is 5.96. The van der Waals surface area contributed by atoms with Crippen LogP contribution < -0.4 is 4.74 Å². The van der Waals surface area contributed by atoms with E-state index in [0.29, 0.717) is 13.0 Å². The number of nitriles is 1. The molecule has 1 saturated heterocycles. The molecule has 2 aromatic carbocycles. The lowest BCUT2D eigenvalue weighted by molar-refractivity contribution is -0.126. The first-order valence-electron chi connectivity index (χ1n) is 10.3. The van der Waals surface area contributed by atoms with Crippen LogP contribution in [-0.4, -0.2) is 29.0 Å². The van der Waals surface area contributed by atoms with Crippen molar-refractivity contribution in [1.82, 2.24) is 9.47 Å². The van der Waals surface area contributed by atoms with Gasteiger partial charge in [0.15, 0.2) is 0 Å². The Bertz CT molecular complexity index is 1120. The largest absolute Gasteiger partial charge is 0.497 e. The zero-order chi connectivity index (χ0) is 20.9. The van der Waals surface area contributed by atoms with Gasteiger partial charge in [-0.1, -0.05) is 30.3 Å². The Morgan fingerprint density at radius 2 is 2.13 bits per heavy atom. The van der Waals surface area contributed by atoms with Crippen molar-refractivity contribution in [2.24, 2.45) is 0 Å². The van der Waals surface area contributed by atoms with Crippen LogP contribution in [-0.2, 0) is 11.3 Å². The monoisotopic (exact) mass is 399 g/mol. The summed E-state index contributed by atoms with van der Waals surface area (Å²) in [5.41, 5.74) is 3.19. The van der Waals surface area contributed by atoms with Crippen molar-refractivity contribution < 1.29 is 9.53 Å². The molecule has 30 heavy (non-hydrogen) atoms. The van der Waals surface area contributed by atoms with E-state index in [1.165, 1.54) is 0 Å². The standard InChI is InChI=1S/C25H25N3O2/c1-30-21-8-4-7-19(17-21)23-11-5-16-28(23)25(29)13-12-20-18-27(15-6-14-26)24-10-3-2-9-22(20)24/h2-4,7-10,12-13,17-18,23H,5-6,11,15-16H2,1H3/b13-12+. The van der Waals surface area contributed by atoms with Crippen molar-refractivity contribution in [1.29, 1.82) is 5.26 Å². The molecule has 2 heterocycles. The summed E-state index contributed by atoms with van der Waals surface area (Å²) in [5, 5.41) is 10.0. The molecule has 0 spiro atoms. The Morgan fingerprint density at radius 3 is 2.97 bits per heavy atom. The molecule has 1 amide bonds. The Hall–Kier alpha value is -3.52. The average molecular weight is 399 g/mol. The van der Waals surface area contributed by atoms with E-state index in [1.807, 2.05) is 53.6 Å². The van der Waals surface area contributed by atoms with Gasteiger partial charge in [0.25, 0.3) is 0 Å². The number of para-hydroxylation sites is 1. The molecular formula is C25H25N3O2. The molecule has 0 saturated carbocycles. The van der Waals surface area contributed by atoms with E-state index in [2.05, 4.69) is 22.8 Å². The van der Waals surface area contributed by atoms with Crippen LogP contribution in [0.2, 0.25) is 0 Å². The minimum atomic E-state index is 0.0224. The van der Waals surface area contributed by atoms with Gasteiger partial charge in [-0.3, -0.25) is 4.79 Å². The molecule has 1 fully saturated rings. The van der Waals surface area contributed by atoms with Gasteiger partial charge >= 0.3 is 0 Å². The predicted octanol–water partition coefficient (Wildman–Crippen LogP) is 4.94. The van der Waals surface area contributed by atoms with Crippen molar-refractivity contribution in [3.8, 4) is 11.8 Å². The van der Waals surface area contributed by atoms with E-state index in [-0.39, 0.29) is 11.9 Å². The number of rotatable bonds is 6. The summed E-state index contributed by atoms with van der Waals surface area (Å²) >= 11 is 0. The number of carbonyl (C=O) groups is 1. The number of hydrogen-bond acceptors (Lipinski definition) is 3. The molecule has 0 radical (unpaired) electrons. The van der Waals surface area contributed by atoms with Crippen LogP contribution in [0.5, 0.6) is 5.75 Å². The number of benzene rings is 2. The summed E-state index contributed by atoms with van der Waals surface area (Å²) in [4.78, 5) is 15.0. The highest BCUT2D eigenvalue weighted by Gasteiger charge is 2.29. The smallest absolute Gasteiger partial charge is 0.247 e. The second kappa shape index (κ2) is 8.87. The Balaban J connectivity index is 1.57. The molecule has 1 aliphatic rings. The SMILES string of the molecule is COc1cccc(C2CCCN2C(=O)/C=C/c2cn(CCC#N)c3ccccc23)c1. The second-order valence-corrected chi connectivity index (χ2v) is 7.50. The molecule has 5 heteroatoms. The van der Waals surface area contributed by atoms with Crippen molar-refractivity contribution >= 4 is 22.9 Å². The number of hydrogen-bond donors (Lipinski definition) is 0. The fourth-order valence-corrected chi connectivity index (χ4v) is 4.25. The molecule has 0 N–H and O–H groups in total. The van der Waals surface area contributed by atoms with Gasteiger partial charge < -0.3 is 14.2 Å². The summed E-state index contributed by atoms with van der Waals surface area (Å²) in [6.45, 7) is 1.40. The lowest BCUT2D eigenvalue weighted by atomic mass is 10.0. The molecule has 152 valence electrons. The van der Waals surface area contributed by atoms with E-state index in [0.717, 1.165) is 47.2 Å². The third-order valence-corrected chi connectivity index (χ3v) is 5.70. The number of ether oxygens (including phenoxy) is 1. The second-order valence-electron chi connectivity index (χ2n) is 7.50. The van der Waals surface area contributed by atoms with Crippen LogP contribution >= 0.6 is 0 Å². The van der Waals surface area contributed by atoms with Gasteiger partial charge in [-0.2, -0.15) is 5.26 Å². The lowest BCUT2D eigenvalue weighted by Gasteiger charge is -2.24. The van der Waals surface area contributed by atoms with E-state index in [9.17, 15) is 4.79 Å². The van der Waals surface area contributed by atoms with E-state index >= 15 is 0 Å². The highest BCUT2D eigenvalue weighted by atomic mass is 16.5. The van der Waals surface area contributed by atoms with Crippen LogP contribution in [0.25, 0.3) is 17.0 Å². The minimum absolute atomic E-state index is 0.0224. The Labute approximate surface area is 176 Å². The fraction of sp³-hybridized carbons (Fsp3) is 0.280. The van der Waals surface area contributed by atoms with Gasteiger partial charge in [0.1, 0.15) is 5.75 Å². The molecule has 0 aliphatic carbocycles. The normalized spacial score (nSPS) is 16.3. The molecule has 0 bridgehead atoms. The van der Waals surface area contributed by atoms with E-state index in [4.69, 9.17) is 10.00 Å². The predicted molar refractivity (Wildman–Crippen MR) is 118 cm³/mol. The highest BCUT2D eigenvalue weighted by Crippen LogP contribution is 2.34. The van der Waals surface area contributed by atoms with Crippen molar-refractivity contribution in [3.63, 3.8) is 0 Å². The third-order valence-electron chi connectivity index (χ3n) is 5.70. The van der Waals surface area contributed by atoms with E-state index in [1.54, 1.807) is 13.2 Å². The maximum absolute atomic E-state index is 13.0. The number of fused-ring (bicyclic) bond motifs is 1. The molecule has 1 unspecified atom stereocenters. The number of methoxy groups -OCH3 is 1. The zero-order valence-corrected chi connectivity index (χ0v) is 17.1. The lowest BCUT2D eigenvalue weighted by Crippen LogP contribution is -2.28. The minimum Gasteiger partial charge on any atom is -0.497 e. The Morgan fingerprint density at radius 1 is 1.27 bits per heavy atom. The van der Waals surface area contributed by atoms with Crippen molar-refractivity contribution in [2.45, 2.75) is 31.8 Å². The zero-order valence-electron chi connectivity index (χ0n) is 17.1. The van der Waals surface area contributed by atoms with Gasteiger partial charge in [-0.05, 0) is 42.7 Å². The van der Waals surface area contributed by atoms with E-state index < -0.39 is 0 Å². The topological polar surface area (TPSA) is 58.3 Å². The summed E-state index contributed by atoms with van der Waals surface area (Å²) in [6, 6.07) is 18.3. The molecule has 1 aromatic heterocycles. The summed E-state index contributed by atoms with van der Waals surface area (Å²) in [5.74, 6) is 0.835. The van der Waals surface area contributed by atoms with Crippen LogP contribution in [0.4, 0.5) is 0 Å². The number of aryl methyl sites for hydroxylation is 1. The number of nitrogens with zero attached hydrogens (tertiary/aromatic N) is 3. The number of likely N-dealkylation sites (tertiary alicyclic amines) is 1. The fourth-order valence-electron chi connectivity index (χ4n) is 4.25. The first kappa shape index (κ1) is 19.8. The maximum Gasteiger partial charge on any atom is 0.247 e. The first-order valence-corrected chi connectivity index (χ1v) is 10.3. The third kappa shape index (κ3) is 3.95. The van der Waals surface area contributed by atoms with Crippen LogP contribution in [0.3, 0.4) is 0 Å². The molecule has 1 atom stereocenters. The van der Waals surface area contributed by atoms with Crippen molar-refractivity contribution in [3.05, 3.63) is 71.9 Å².